The molecule has 46 heavy (non-hydrogen) atoms. The number of fused-ring (bicyclic) bond motifs is 2. The molecule has 2 aliphatic heterocycles. The normalized spacial score (nSPS) is 25.9. The lowest BCUT2D eigenvalue weighted by molar-refractivity contribution is -0.143. The molecular formula is C41H56O5. The van der Waals surface area contributed by atoms with E-state index in [1.54, 1.807) is 5.57 Å². The molecule has 5 heteroatoms. The van der Waals surface area contributed by atoms with Crippen molar-refractivity contribution in [2.24, 2.45) is 17.3 Å². The van der Waals surface area contributed by atoms with Crippen LogP contribution in [0, 0.1) is 17.3 Å². The van der Waals surface area contributed by atoms with Gasteiger partial charge in [-0.1, -0.05) is 32.8 Å². The summed E-state index contributed by atoms with van der Waals surface area (Å²) in [5.74, 6) is 3.60. The highest BCUT2D eigenvalue weighted by molar-refractivity contribution is 5.80. The Kier molecular flexibility index (Phi) is 9.71. The maximum atomic E-state index is 11.8. The molecule has 250 valence electrons. The van der Waals surface area contributed by atoms with Crippen LogP contribution in [0.25, 0.3) is 5.57 Å². The van der Waals surface area contributed by atoms with Gasteiger partial charge in [0.05, 0.1) is 31.8 Å². The van der Waals surface area contributed by atoms with Crippen molar-refractivity contribution in [1.29, 1.82) is 0 Å². The van der Waals surface area contributed by atoms with E-state index in [-0.39, 0.29) is 11.5 Å². The van der Waals surface area contributed by atoms with Gasteiger partial charge in [-0.15, -0.1) is 0 Å². The summed E-state index contributed by atoms with van der Waals surface area (Å²) >= 11 is 0. The smallest absolute Gasteiger partial charge is 0.134 e. The minimum atomic E-state index is -0.130. The van der Waals surface area contributed by atoms with Gasteiger partial charge in [0.1, 0.15) is 23.4 Å². The molecule has 0 radical (unpaired) electrons. The van der Waals surface area contributed by atoms with Gasteiger partial charge in [-0.25, -0.2) is 0 Å². The second-order valence-corrected chi connectivity index (χ2v) is 15.2. The molecule has 4 aliphatic carbocycles. The van der Waals surface area contributed by atoms with Crippen LogP contribution in [0.3, 0.4) is 0 Å². The Labute approximate surface area is 277 Å². The predicted octanol–water partition coefficient (Wildman–Crippen LogP) is 10.00. The molecule has 1 saturated heterocycles. The van der Waals surface area contributed by atoms with Crippen molar-refractivity contribution in [2.75, 3.05) is 33.0 Å². The molecule has 2 unspecified atom stereocenters. The zero-order valence-corrected chi connectivity index (χ0v) is 28.7. The third kappa shape index (κ3) is 6.23. The van der Waals surface area contributed by atoms with Crippen molar-refractivity contribution in [1.82, 2.24) is 0 Å². The van der Waals surface area contributed by atoms with Gasteiger partial charge in [0.15, 0.2) is 0 Å². The quantitative estimate of drug-likeness (QED) is 0.195. The second kappa shape index (κ2) is 13.9. The number of benzene rings is 1. The average molecular weight is 629 g/mol. The largest absolute Gasteiger partial charge is 0.507 e. The molecule has 2 heterocycles. The third-order valence-electron chi connectivity index (χ3n) is 11.9. The Bertz CT molecular complexity index is 1410. The molecule has 0 spiro atoms. The van der Waals surface area contributed by atoms with Crippen LogP contribution in [0.2, 0.25) is 0 Å². The summed E-state index contributed by atoms with van der Waals surface area (Å²) in [4.78, 5) is 0. The van der Waals surface area contributed by atoms with E-state index in [0.717, 1.165) is 81.7 Å². The van der Waals surface area contributed by atoms with Gasteiger partial charge in [0, 0.05) is 29.7 Å². The highest BCUT2D eigenvalue weighted by Crippen LogP contribution is 2.51. The van der Waals surface area contributed by atoms with Gasteiger partial charge in [-0.3, -0.25) is 0 Å². The van der Waals surface area contributed by atoms with Gasteiger partial charge in [-0.05, 0) is 136 Å². The fourth-order valence-electron chi connectivity index (χ4n) is 8.19. The van der Waals surface area contributed by atoms with Crippen LogP contribution in [0.15, 0.2) is 51.8 Å². The first-order valence-electron chi connectivity index (χ1n) is 18.7. The summed E-state index contributed by atoms with van der Waals surface area (Å²) < 4.78 is 25.7. The Morgan fingerprint density at radius 3 is 2.28 bits per heavy atom. The molecule has 3 saturated carbocycles. The van der Waals surface area contributed by atoms with E-state index < -0.39 is 0 Å². The van der Waals surface area contributed by atoms with E-state index in [0.29, 0.717) is 37.4 Å². The van der Waals surface area contributed by atoms with E-state index in [4.69, 9.17) is 18.9 Å². The van der Waals surface area contributed by atoms with Crippen molar-refractivity contribution < 1.29 is 24.1 Å². The highest BCUT2D eigenvalue weighted by Gasteiger charge is 2.47. The first kappa shape index (κ1) is 32.1. The Balaban J connectivity index is 1.29. The van der Waals surface area contributed by atoms with Gasteiger partial charge in [0.2, 0.25) is 0 Å². The maximum absolute atomic E-state index is 11.8. The zero-order valence-electron chi connectivity index (χ0n) is 28.7. The zero-order chi connectivity index (χ0) is 31.7. The van der Waals surface area contributed by atoms with Crippen LogP contribution in [-0.4, -0.2) is 44.2 Å². The Hall–Kier alpha value is -2.50. The van der Waals surface area contributed by atoms with E-state index >= 15 is 0 Å². The van der Waals surface area contributed by atoms with E-state index in [1.165, 1.54) is 78.4 Å². The summed E-state index contributed by atoms with van der Waals surface area (Å²) in [5, 5.41) is 11.8. The minimum absolute atomic E-state index is 0.118. The molecule has 6 aliphatic rings. The van der Waals surface area contributed by atoms with E-state index in [9.17, 15) is 5.11 Å². The molecule has 0 amide bonds. The molecule has 1 N–H and O–H groups in total. The summed E-state index contributed by atoms with van der Waals surface area (Å²) in [7, 11) is 0. The fourth-order valence-corrected chi connectivity index (χ4v) is 8.19. The topological polar surface area (TPSA) is 57.2 Å². The van der Waals surface area contributed by atoms with Gasteiger partial charge in [0.25, 0.3) is 0 Å². The number of allylic oxidation sites excluding steroid dienone is 4. The summed E-state index contributed by atoms with van der Waals surface area (Å²) in [6.07, 6.45) is 19.3. The monoisotopic (exact) mass is 628 g/mol. The summed E-state index contributed by atoms with van der Waals surface area (Å²) in [6, 6.07) is 4.56. The molecule has 0 bridgehead atoms. The standard InChI is InChI=1S/C41H56O5/c1-4-19-43-23-31(28-11-8-12-28)24-45-37-22-38-34(20-27(37)5-2)33-18-7-6-17-32(29-13-9-14-29)35(39(42)30-15-10-16-30)21-36(33)40(46-38)41(3)25-44-26-41/h20-22,28,31,40,42H,4-19,23-26H2,1-3H3/b35-21+. The molecule has 4 fully saturated rings. The van der Waals surface area contributed by atoms with Crippen LogP contribution >= 0.6 is 0 Å². The van der Waals surface area contributed by atoms with Gasteiger partial charge < -0.3 is 24.1 Å². The molecule has 5 nitrogen and oxygen atoms in total. The molecule has 0 aromatic heterocycles. The van der Waals surface area contributed by atoms with Crippen molar-refractivity contribution in [2.45, 2.75) is 123 Å². The lowest BCUT2D eigenvalue weighted by Crippen LogP contribution is -2.53. The molecular weight excluding hydrogens is 572 g/mol. The number of aryl methyl sites for hydroxylation is 1. The van der Waals surface area contributed by atoms with Gasteiger partial charge in [-0.2, -0.15) is 0 Å². The van der Waals surface area contributed by atoms with Crippen LogP contribution in [0.4, 0.5) is 0 Å². The molecule has 1 aromatic carbocycles. The SMILES string of the molecule is CCCOCC(COc1cc2c(cc1CC)C1=C(/C=C(/C(O)=C3CCC3)C(=C3CCC3)CCCC1)C(C1(C)COC1)O2)C1CCC1. The number of hydrogen-bond donors (Lipinski definition) is 1. The fraction of sp³-hybridized carbons (Fsp3) is 0.659. The average Bonchev–Trinajstić information content (AvgIpc) is 3.04. The summed E-state index contributed by atoms with van der Waals surface area (Å²) in [6.45, 7) is 10.4. The lowest BCUT2D eigenvalue weighted by Gasteiger charge is -2.47. The van der Waals surface area contributed by atoms with Crippen molar-refractivity contribution in [3.8, 4) is 11.5 Å². The van der Waals surface area contributed by atoms with Crippen molar-refractivity contribution in [3.05, 3.63) is 63.0 Å². The van der Waals surface area contributed by atoms with Crippen molar-refractivity contribution >= 4 is 5.57 Å². The predicted molar refractivity (Wildman–Crippen MR) is 184 cm³/mol. The number of hydrogen-bond acceptors (Lipinski definition) is 5. The number of rotatable bonds is 11. The van der Waals surface area contributed by atoms with E-state index in [1.807, 2.05) is 0 Å². The first-order valence-corrected chi connectivity index (χ1v) is 18.7. The number of aliphatic hydroxyl groups is 1. The molecule has 7 rings (SSSR count). The molecule has 2 atom stereocenters. The van der Waals surface area contributed by atoms with Crippen LogP contribution < -0.4 is 9.47 Å². The minimum Gasteiger partial charge on any atom is -0.507 e. The highest BCUT2D eigenvalue weighted by atomic mass is 16.5. The Morgan fingerprint density at radius 2 is 1.70 bits per heavy atom. The number of aliphatic hydroxyl groups excluding tert-OH is 1. The second-order valence-electron chi connectivity index (χ2n) is 15.2. The van der Waals surface area contributed by atoms with Gasteiger partial charge >= 0.3 is 0 Å². The van der Waals surface area contributed by atoms with Crippen LogP contribution in [0.1, 0.15) is 122 Å². The number of ether oxygens (including phenoxy) is 4. The molecule has 1 aromatic rings. The van der Waals surface area contributed by atoms with Crippen molar-refractivity contribution in [3.63, 3.8) is 0 Å². The summed E-state index contributed by atoms with van der Waals surface area (Å²) in [5.41, 5.74) is 10.3. The van der Waals surface area contributed by atoms with Crippen LogP contribution in [0.5, 0.6) is 11.5 Å². The van der Waals surface area contributed by atoms with E-state index in [2.05, 4.69) is 39.0 Å². The maximum Gasteiger partial charge on any atom is 0.134 e. The van der Waals surface area contributed by atoms with Crippen LogP contribution in [-0.2, 0) is 15.9 Å². The first-order chi connectivity index (χ1) is 22.5. The lowest BCUT2D eigenvalue weighted by atomic mass is 9.73. The Morgan fingerprint density at radius 1 is 0.935 bits per heavy atom. The third-order valence-corrected chi connectivity index (χ3v) is 11.9.